The Kier molecular flexibility index (Phi) is 9.15. The smallest absolute Gasteiger partial charge is 0.306 e. The van der Waals surface area contributed by atoms with E-state index < -0.39 is 29.4 Å². The van der Waals surface area contributed by atoms with E-state index in [1.54, 1.807) is 0 Å². The second kappa shape index (κ2) is 13.4. The third kappa shape index (κ3) is 6.97. The van der Waals surface area contributed by atoms with Gasteiger partial charge in [0.1, 0.15) is 11.4 Å². The van der Waals surface area contributed by atoms with Gasteiger partial charge in [-0.05, 0) is 106 Å². The van der Waals surface area contributed by atoms with Crippen molar-refractivity contribution >= 4 is 23.5 Å². The number of fused-ring (bicyclic) bond motifs is 4. The van der Waals surface area contributed by atoms with E-state index in [9.17, 15) is 23.5 Å². The van der Waals surface area contributed by atoms with Crippen molar-refractivity contribution in [2.45, 2.75) is 113 Å². The third-order valence-electron chi connectivity index (χ3n) is 12.6. The van der Waals surface area contributed by atoms with Gasteiger partial charge in [-0.1, -0.05) is 0 Å². The van der Waals surface area contributed by atoms with E-state index in [2.05, 4.69) is 15.3 Å². The molecular formula is C38H47F4N5O5. The molecule has 1 aromatic heterocycles. The Morgan fingerprint density at radius 1 is 1.00 bits per heavy atom. The summed E-state index contributed by atoms with van der Waals surface area (Å²) in [6, 6.07) is 5.77. The number of nitrogens with one attached hydrogen (secondary N) is 1. The maximum absolute atomic E-state index is 15.3. The SMILES string of the molecule is CC(F)(F)c1nc(N2CC3(CCOCC3)c3cc(OC4CCC(N5CC(F)(F)C5)CC4)ccc32)ncc1C(=O)NC1CC2CC(C1)CC(C(=O)O)C2. The highest BCUT2D eigenvalue weighted by atomic mass is 19.3. The summed E-state index contributed by atoms with van der Waals surface area (Å²) in [4.78, 5) is 37.8. The van der Waals surface area contributed by atoms with Crippen LogP contribution in [0.2, 0.25) is 0 Å². The highest BCUT2D eigenvalue weighted by molar-refractivity contribution is 5.95. The second-order valence-electron chi connectivity index (χ2n) is 16.4. The molecule has 4 heterocycles. The fourth-order valence-corrected chi connectivity index (χ4v) is 10.1. The minimum Gasteiger partial charge on any atom is -0.490 e. The molecule has 282 valence electrons. The molecule has 6 aliphatic rings. The number of benzene rings is 1. The average Bonchev–Trinajstić information content (AvgIpc) is 3.39. The maximum atomic E-state index is 15.3. The number of aromatic nitrogens is 2. The summed E-state index contributed by atoms with van der Waals surface area (Å²) >= 11 is 0. The summed E-state index contributed by atoms with van der Waals surface area (Å²) in [7, 11) is 0. The zero-order chi connectivity index (χ0) is 36.4. The van der Waals surface area contributed by atoms with E-state index in [0.29, 0.717) is 51.2 Å². The molecule has 2 bridgehead atoms. The van der Waals surface area contributed by atoms with Gasteiger partial charge in [0.2, 0.25) is 5.95 Å². The van der Waals surface area contributed by atoms with Crippen molar-refractivity contribution in [1.82, 2.24) is 20.2 Å². The molecule has 3 aliphatic carbocycles. The van der Waals surface area contributed by atoms with Gasteiger partial charge in [0, 0.05) is 56.1 Å². The molecule has 14 heteroatoms. The molecule has 0 radical (unpaired) electrons. The molecule has 10 nitrogen and oxygen atoms in total. The first-order valence-electron chi connectivity index (χ1n) is 18.8. The summed E-state index contributed by atoms with van der Waals surface area (Å²) in [6.45, 7) is 1.98. The van der Waals surface area contributed by atoms with Gasteiger partial charge in [0.15, 0.2) is 0 Å². The molecule has 2 atom stereocenters. The van der Waals surface area contributed by atoms with Gasteiger partial charge in [-0.3, -0.25) is 14.5 Å². The normalized spacial score (nSPS) is 31.1. The first-order chi connectivity index (χ1) is 24.7. The Bertz CT molecular complexity index is 1670. The van der Waals surface area contributed by atoms with Gasteiger partial charge < -0.3 is 24.8 Å². The van der Waals surface area contributed by atoms with Crippen molar-refractivity contribution in [3.8, 4) is 5.75 Å². The quantitative estimate of drug-likeness (QED) is 0.296. The lowest BCUT2D eigenvalue weighted by Gasteiger charge is -2.46. The number of nitrogens with zero attached hydrogens (tertiary/aromatic N) is 4. The van der Waals surface area contributed by atoms with Crippen LogP contribution in [0.4, 0.5) is 29.2 Å². The molecule has 1 amide bonds. The summed E-state index contributed by atoms with van der Waals surface area (Å²) in [6.07, 6.45) is 9.11. The van der Waals surface area contributed by atoms with Gasteiger partial charge in [0.05, 0.1) is 30.7 Å². The lowest BCUT2D eigenvalue weighted by atomic mass is 9.66. The monoisotopic (exact) mass is 729 g/mol. The van der Waals surface area contributed by atoms with Crippen molar-refractivity contribution in [2.75, 3.05) is 37.7 Å². The fourth-order valence-electron chi connectivity index (χ4n) is 10.1. The number of hydrogen-bond donors (Lipinski definition) is 2. The zero-order valence-corrected chi connectivity index (χ0v) is 29.5. The molecular weight excluding hydrogens is 682 g/mol. The Labute approximate surface area is 300 Å². The zero-order valence-electron chi connectivity index (χ0n) is 29.5. The van der Waals surface area contributed by atoms with E-state index in [-0.39, 0.29) is 66.0 Å². The largest absolute Gasteiger partial charge is 0.490 e. The molecule has 5 fully saturated rings. The minimum atomic E-state index is -3.42. The van der Waals surface area contributed by atoms with Crippen molar-refractivity contribution < 1.29 is 41.7 Å². The fraction of sp³-hybridized carbons (Fsp3) is 0.684. The third-order valence-corrected chi connectivity index (χ3v) is 12.6. The molecule has 3 saturated carbocycles. The van der Waals surface area contributed by atoms with Crippen LogP contribution in [0.15, 0.2) is 24.4 Å². The number of likely N-dealkylation sites (tertiary alicyclic amines) is 1. The Morgan fingerprint density at radius 2 is 1.69 bits per heavy atom. The Morgan fingerprint density at radius 3 is 2.33 bits per heavy atom. The number of carboxylic acid groups (broad SMARTS) is 1. The molecule has 52 heavy (non-hydrogen) atoms. The predicted octanol–water partition coefficient (Wildman–Crippen LogP) is 6.44. The highest BCUT2D eigenvalue weighted by Crippen LogP contribution is 2.50. The number of amides is 1. The van der Waals surface area contributed by atoms with Crippen LogP contribution in [0.3, 0.4) is 0 Å². The lowest BCUT2D eigenvalue weighted by molar-refractivity contribution is -0.151. The summed E-state index contributed by atoms with van der Waals surface area (Å²) in [5.41, 5.74) is 0.585. The van der Waals surface area contributed by atoms with Gasteiger partial charge in [-0.2, -0.15) is 8.78 Å². The average molecular weight is 730 g/mol. The molecule has 1 aromatic carbocycles. The van der Waals surface area contributed by atoms with Crippen molar-refractivity contribution in [3.63, 3.8) is 0 Å². The lowest BCUT2D eigenvalue weighted by Crippen LogP contribution is -2.60. The van der Waals surface area contributed by atoms with E-state index in [4.69, 9.17) is 9.47 Å². The standard InChI is InChI=1S/C38H47F4N5O5/c1-36(39,40)32-29(33(48)44-25-15-22-12-23(16-25)14-24(13-22)34(49)50)18-43-35(45-32)47-19-37(8-10-51-11-9-37)30-17-28(6-7-31(30)47)52-27-4-2-26(3-5-27)46-20-38(41,42)21-46/h6-7,17-18,22-27H,2-5,8-16,19-21H2,1H3,(H,44,48)(H,49,50). The van der Waals surface area contributed by atoms with E-state index >= 15 is 8.78 Å². The van der Waals surface area contributed by atoms with Crippen LogP contribution in [0.5, 0.6) is 5.75 Å². The molecule has 3 aliphatic heterocycles. The number of carbonyl (C=O) groups excluding carboxylic acids is 1. The summed E-state index contributed by atoms with van der Waals surface area (Å²) in [5.74, 6) is -6.65. The van der Waals surface area contributed by atoms with Crippen LogP contribution < -0.4 is 15.0 Å². The minimum absolute atomic E-state index is 0.0227. The molecule has 2 saturated heterocycles. The van der Waals surface area contributed by atoms with Crippen LogP contribution >= 0.6 is 0 Å². The molecule has 1 spiro atoms. The van der Waals surface area contributed by atoms with E-state index in [1.165, 1.54) is 6.20 Å². The van der Waals surface area contributed by atoms with E-state index in [1.807, 2.05) is 28.0 Å². The van der Waals surface area contributed by atoms with Gasteiger partial charge in [-0.15, -0.1) is 0 Å². The molecule has 2 aromatic rings. The van der Waals surface area contributed by atoms with Crippen LogP contribution in [-0.4, -0.2) is 88.8 Å². The van der Waals surface area contributed by atoms with Crippen molar-refractivity contribution in [3.05, 3.63) is 41.2 Å². The molecule has 8 rings (SSSR count). The summed E-state index contributed by atoms with van der Waals surface area (Å²) < 4.78 is 69.5. The maximum Gasteiger partial charge on any atom is 0.306 e. The first kappa shape index (κ1) is 35.5. The van der Waals surface area contributed by atoms with Crippen LogP contribution in [0, 0.1) is 17.8 Å². The summed E-state index contributed by atoms with van der Waals surface area (Å²) in [5, 5.41) is 12.5. The Balaban J connectivity index is 0.998. The van der Waals surface area contributed by atoms with Gasteiger partial charge >= 0.3 is 5.97 Å². The first-order valence-corrected chi connectivity index (χ1v) is 18.8. The number of ether oxygens (including phenoxy) is 2. The van der Waals surface area contributed by atoms with Crippen LogP contribution in [-0.2, 0) is 20.9 Å². The van der Waals surface area contributed by atoms with Gasteiger partial charge in [0.25, 0.3) is 17.8 Å². The van der Waals surface area contributed by atoms with Gasteiger partial charge in [-0.25, -0.2) is 18.7 Å². The predicted molar refractivity (Wildman–Crippen MR) is 182 cm³/mol. The molecule has 2 unspecified atom stereocenters. The second-order valence-corrected chi connectivity index (χ2v) is 16.4. The van der Waals surface area contributed by atoms with Crippen molar-refractivity contribution in [2.24, 2.45) is 17.8 Å². The highest BCUT2D eigenvalue weighted by Gasteiger charge is 2.48. The van der Waals surface area contributed by atoms with Crippen LogP contribution in [0.1, 0.15) is 99.2 Å². The van der Waals surface area contributed by atoms with E-state index in [0.717, 1.165) is 63.1 Å². The number of carbonyl (C=O) groups is 2. The number of aliphatic carboxylic acids is 1. The van der Waals surface area contributed by atoms with Crippen LogP contribution in [0.25, 0.3) is 0 Å². The number of carboxylic acids is 1. The molecule has 2 N–H and O–H groups in total. The number of hydrogen-bond acceptors (Lipinski definition) is 8. The number of anilines is 2. The number of rotatable bonds is 8. The number of halogens is 4. The Hall–Kier alpha value is -3.52. The topological polar surface area (TPSA) is 117 Å². The van der Waals surface area contributed by atoms with Crippen molar-refractivity contribution in [1.29, 1.82) is 0 Å². The number of alkyl halides is 4.